The fourth-order valence-corrected chi connectivity index (χ4v) is 1.40. The van der Waals surface area contributed by atoms with Crippen LogP contribution in [-0.2, 0) is 0 Å². The van der Waals surface area contributed by atoms with E-state index in [4.69, 9.17) is 0 Å². The van der Waals surface area contributed by atoms with Crippen LogP contribution < -0.4 is 0 Å². The summed E-state index contributed by atoms with van der Waals surface area (Å²) in [6.07, 6.45) is 2.02. The van der Waals surface area contributed by atoms with E-state index in [9.17, 15) is 4.79 Å². The summed E-state index contributed by atoms with van der Waals surface area (Å²) in [7, 11) is 3.51. The van der Waals surface area contributed by atoms with E-state index < -0.39 is 0 Å². The van der Waals surface area contributed by atoms with Crippen LogP contribution in [0.25, 0.3) is 0 Å². The molecule has 1 amide bonds. The van der Waals surface area contributed by atoms with Gasteiger partial charge in [-0.2, -0.15) is 0 Å². The first-order valence-electron chi connectivity index (χ1n) is 4.01. The summed E-state index contributed by atoms with van der Waals surface area (Å²) in [6.45, 7) is 0. The molecule has 70 valence electrons. The smallest absolute Gasteiger partial charge is 0.253 e. The monoisotopic (exact) mass is 195 g/mol. The summed E-state index contributed by atoms with van der Waals surface area (Å²) in [5.74, 6) is 0.0488. The molecule has 0 aromatic heterocycles. The molecule has 2 nitrogen and oxygen atoms in total. The second kappa shape index (κ2) is 4.33. The van der Waals surface area contributed by atoms with Crippen molar-refractivity contribution >= 4 is 17.7 Å². The number of rotatable bonds is 2. The van der Waals surface area contributed by atoms with E-state index in [1.165, 1.54) is 4.90 Å². The van der Waals surface area contributed by atoms with Crippen molar-refractivity contribution < 1.29 is 4.79 Å². The molecule has 0 spiro atoms. The molecule has 0 aliphatic carbocycles. The highest BCUT2D eigenvalue weighted by Crippen LogP contribution is 2.15. The highest BCUT2D eigenvalue weighted by Gasteiger charge is 2.06. The molecule has 1 rings (SSSR count). The average Bonchev–Trinajstić information content (AvgIpc) is 2.17. The largest absolute Gasteiger partial charge is 0.345 e. The van der Waals surface area contributed by atoms with Gasteiger partial charge in [0.05, 0.1) is 0 Å². The molecular weight excluding hydrogens is 182 g/mol. The summed E-state index contributed by atoms with van der Waals surface area (Å²) in [5.41, 5.74) is 0.739. The van der Waals surface area contributed by atoms with Crippen molar-refractivity contribution in [3.8, 4) is 0 Å². The Kier molecular flexibility index (Phi) is 3.37. The number of carbonyl (C=O) groups excluding carboxylic acids is 1. The highest BCUT2D eigenvalue weighted by atomic mass is 32.2. The number of amides is 1. The molecule has 0 aliphatic heterocycles. The van der Waals surface area contributed by atoms with Gasteiger partial charge in [0, 0.05) is 24.6 Å². The Hall–Kier alpha value is -0.960. The van der Waals surface area contributed by atoms with Crippen molar-refractivity contribution in [2.24, 2.45) is 0 Å². The van der Waals surface area contributed by atoms with Crippen molar-refractivity contribution in [3.05, 3.63) is 29.8 Å². The number of carbonyl (C=O) groups is 1. The van der Waals surface area contributed by atoms with Gasteiger partial charge in [0.1, 0.15) is 0 Å². The maximum absolute atomic E-state index is 11.5. The van der Waals surface area contributed by atoms with Crippen LogP contribution in [0, 0.1) is 0 Å². The minimum absolute atomic E-state index is 0.0488. The third kappa shape index (κ3) is 2.49. The van der Waals surface area contributed by atoms with Gasteiger partial charge in [-0.3, -0.25) is 4.79 Å². The first kappa shape index (κ1) is 10.1. The average molecular weight is 195 g/mol. The summed E-state index contributed by atoms with van der Waals surface area (Å²) in [4.78, 5) is 14.2. The zero-order chi connectivity index (χ0) is 9.84. The second-order valence-electron chi connectivity index (χ2n) is 2.93. The molecular formula is C10H13NOS. The van der Waals surface area contributed by atoms with Gasteiger partial charge in [0.25, 0.3) is 5.91 Å². The van der Waals surface area contributed by atoms with E-state index in [0.29, 0.717) is 0 Å². The summed E-state index contributed by atoms with van der Waals surface area (Å²) in [5, 5.41) is 0. The lowest BCUT2D eigenvalue weighted by Crippen LogP contribution is -2.21. The molecule has 0 fully saturated rings. The van der Waals surface area contributed by atoms with Crippen LogP contribution in [-0.4, -0.2) is 31.2 Å². The van der Waals surface area contributed by atoms with Crippen LogP contribution in [0.5, 0.6) is 0 Å². The van der Waals surface area contributed by atoms with Crippen molar-refractivity contribution in [1.29, 1.82) is 0 Å². The van der Waals surface area contributed by atoms with E-state index in [0.717, 1.165) is 5.56 Å². The molecule has 0 atom stereocenters. The van der Waals surface area contributed by atoms with Gasteiger partial charge >= 0.3 is 0 Å². The summed E-state index contributed by atoms with van der Waals surface area (Å²) < 4.78 is 0. The summed E-state index contributed by atoms with van der Waals surface area (Å²) >= 11 is 1.67. The van der Waals surface area contributed by atoms with Gasteiger partial charge in [-0.1, -0.05) is 0 Å². The van der Waals surface area contributed by atoms with Gasteiger partial charge in [-0.15, -0.1) is 11.8 Å². The Bertz CT molecular complexity index is 292. The quantitative estimate of drug-likeness (QED) is 0.674. The van der Waals surface area contributed by atoms with Crippen LogP contribution in [0.15, 0.2) is 29.2 Å². The number of nitrogens with zero attached hydrogens (tertiary/aromatic N) is 1. The Labute approximate surface area is 82.9 Å². The van der Waals surface area contributed by atoms with E-state index in [1.54, 1.807) is 30.8 Å². The van der Waals surface area contributed by atoms with Crippen LogP contribution in [0.2, 0.25) is 0 Å². The molecule has 1 aromatic rings. The lowest BCUT2D eigenvalue weighted by molar-refractivity contribution is 0.0827. The summed E-state index contributed by atoms with van der Waals surface area (Å²) in [6, 6.07) is 7.63. The maximum atomic E-state index is 11.5. The van der Waals surface area contributed by atoms with Crippen molar-refractivity contribution in [2.75, 3.05) is 20.4 Å². The van der Waals surface area contributed by atoms with E-state index in [-0.39, 0.29) is 5.91 Å². The van der Waals surface area contributed by atoms with Crippen LogP contribution in [0.1, 0.15) is 10.4 Å². The lowest BCUT2D eigenvalue weighted by Gasteiger charge is -2.09. The van der Waals surface area contributed by atoms with Gasteiger partial charge < -0.3 is 4.90 Å². The molecule has 0 N–H and O–H groups in total. The maximum Gasteiger partial charge on any atom is 0.253 e. The molecule has 0 unspecified atom stereocenters. The van der Waals surface area contributed by atoms with Gasteiger partial charge in [-0.25, -0.2) is 0 Å². The second-order valence-corrected chi connectivity index (χ2v) is 3.81. The normalized spacial score (nSPS) is 9.77. The molecule has 1 aromatic carbocycles. The standard InChI is InChI=1S/C10H13NOS/c1-11(2)10(12)8-4-6-9(13-3)7-5-8/h4-7H,1-3H3. The molecule has 0 saturated carbocycles. The molecule has 13 heavy (non-hydrogen) atoms. The highest BCUT2D eigenvalue weighted by molar-refractivity contribution is 7.98. The van der Waals surface area contributed by atoms with Crippen LogP contribution in [0.4, 0.5) is 0 Å². The minimum atomic E-state index is 0.0488. The number of hydrogen-bond donors (Lipinski definition) is 0. The topological polar surface area (TPSA) is 20.3 Å². The number of thioether (sulfide) groups is 1. The third-order valence-corrected chi connectivity index (χ3v) is 2.49. The van der Waals surface area contributed by atoms with Crippen molar-refractivity contribution in [3.63, 3.8) is 0 Å². The van der Waals surface area contributed by atoms with Crippen molar-refractivity contribution in [1.82, 2.24) is 4.90 Å². The number of benzene rings is 1. The van der Waals surface area contributed by atoms with E-state index >= 15 is 0 Å². The molecule has 0 saturated heterocycles. The first-order chi connectivity index (χ1) is 6.15. The molecule has 0 bridgehead atoms. The Morgan fingerprint density at radius 2 is 1.77 bits per heavy atom. The fourth-order valence-electron chi connectivity index (χ4n) is 0.992. The predicted octanol–water partition coefficient (Wildman–Crippen LogP) is 2.11. The van der Waals surface area contributed by atoms with E-state index in [2.05, 4.69) is 0 Å². The Morgan fingerprint density at radius 3 is 2.15 bits per heavy atom. The first-order valence-corrected chi connectivity index (χ1v) is 5.23. The molecule has 0 aliphatic rings. The van der Waals surface area contributed by atoms with E-state index in [1.807, 2.05) is 30.5 Å². The van der Waals surface area contributed by atoms with Gasteiger partial charge in [-0.05, 0) is 30.5 Å². The Balaban J connectivity index is 2.86. The van der Waals surface area contributed by atoms with Crippen molar-refractivity contribution in [2.45, 2.75) is 4.90 Å². The zero-order valence-electron chi connectivity index (χ0n) is 8.07. The predicted molar refractivity (Wildman–Crippen MR) is 56.2 cm³/mol. The van der Waals surface area contributed by atoms with Gasteiger partial charge in [0.2, 0.25) is 0 Å². The number of hydrogen-bond acceptors (Lipinski definition) is 2. The molecule has 0 radical (unpaired) electrons. The zero-order valence-corrected chi connectivity index (χ0v) is 8.89. The third-order valence-electron chi connectivity index (χ3n) is 1.74. The van der Waals surface area contributed by atoms with Crippen LogP contribution >= 0.6 is 11.8 Å². The Morgan fingerprint density at radius 1 is 1.23 bits per heavy atom. The lowest BCUT2D eigenvalue weighted by atomic mass is 10.2. The molecule has 0 heterocycles. The molecule has 3 heteroatoms. The van der Waals surface area contributed by atoms with Crippen LogP contribution in [0.3, 0.4) is 0 Å². The SMILES string of the molecule is CSc1ccc(C(=O)N(C)C)cc1. The minimum Gasteiger partial charge on any atom is -0.345 e. The fraction of sp³-hybridized carbons (Fsp3) is 0.300. The van der Waals surface area contributed by atoms with Gasteiger partial charge in [0.15, 0.2) is 0 Å².